The number of esters is 1. The first-order chi connectivity index (χ1) is 11.5. The minimum Gasteiger partial charge on any atom is -0.456 e. The quantitative estimate of drug-likeness (QED) is 0.704. The predicted molar refractivity (Wildman–Crippen MR) is 94.2 cm³/mol. The summed E-state index contributed by atoms with van der Waals surface area (Å²) in [5, 5.41) is 2.91. The van der Waals surface area contributed by atoms with Gasteiger partial charge in [0.25, 0.3) is 0 Å². The van der Waals surface area contributed by atoms with E-state index in [2.05, 4.69) is 5.32 Å². The highest BCUT2D eigenvalue weighted by atomic mass is 16.6. The Kier molecular flexibility index (Phi) is 7.86. The van der Waals surface area contributed by atoms with E-state index in [0.717, 1.165) is 6.42 Å². The molecule has 1 saturated heterocycles. The van der Waals surface area contributed by atoms with Gasteiger partial charge in [-0.15, -0.1) is 0 Å². The number of hydrogen-bond acceptors (Lipinski definition) is 6. The van der Waals surface area contributed by atoms with E-state index < -0.39 is 29.7 Å². The number of ether oxygens (including phenoxy) is 2. The van der Waals surface area contributed by atoms with Crippen molar-refractivity contribution < 1.29 is 23.9 Å². The van der Waals surface area contributed by atoms with Crippen molar-refractivity contribution in [3.05, 3.63) is 0 Å². The van der Waals surface area contributed by atoms with E-state index in [1.165, 1.54) is 4.90 Å². The first-order valence-electron chi connectivity index (χ1n) is 8.91. The highest BCUT2D eigenvalue weighted by Crippen LogP contribution is 2.21. The van der Waals surface area contributed by atoms with Crippen LogP contribution in [0.1, 0.15) is 53.9 Å². The number of likely N-dealkylation sites (N-methyl/N-ethyl adjacent to an activating group) is 1. The molecule has 0 unspecified atom stereocenters. The summed E-state index contributed by atoms with van der Waals surface area (Å²) in [4.78, 5) is 38.2. The highest BCUT2D eigenvalue weighted by Gasteiger charge is 2.37. The van der Waals surface area contributed by atoms with Gasteiger partial charge in [0.2, 0.25) is 0 Å². The summed E-state index contributed by atoms with van der Waals surface area (Å²) < 4.78 is 10.5. The van der Waals surface area contributed by atoms with Gasteiger partial charge >= 0.3 is 12.1 Å². The molecule has 1 amide bonds. The fourth-order valence-electron chi connectivity index (χ4n) is 2.78. The number of likely N-dealkylation sites (tertiary alicyclic amines) is 1. The average Bonchev–Trinajstić information content (AvgIpc) is 2.97. The van der Waals surface area contributed by atoms with Gasteiger partial charge in [-0.1, -0.05) is 13.8 Å². The van der Waals surface area contributed by atoms with Crippen LogP contribution >= 0.6 is 0 Å². The Morgan fingerprint density at radius 1 is 1.24 bits per heavy atom. The van der Waals surface area contributed by atoms with Crippen LogP contribution in [0, 0.1) is 5.92 Å². The molecule has 1 aliphatic heterocycles. The number of nitrogens with one attached hydrogen (secondary N) is 1. The van der Waals surface area contributed by atoms with Crippen LogP contribution in [0.3, 0.4) is 0 Å². The number of nitrogens with zero attached hydrogens (tertiary/aromatic N) is 1. The summed E-state index contributed by atoms with van der Waals surface area (Å²) in [6.07, 6.45) is 1.44. The predicted octanol–water partition coefficient (Wildman–Crippen LogP) is 2.13. The van der Waals surface area contributed by atoms with Gasteiger partial charge in [-0.2, -0.15) is 0 Å². The maximum absolute atomic E-state index is 12.4. The molecule has 1 heterocycles. The second kappa shape index (κ2) is 9.17. The Labute approximate surface area is 150 Å². The molecule has 7 nitrogen and oxygen atoms in total. The number of hydrogen-bond donors (Lipinski definition) is 1. The largest absolute Gasteiger partial charge is 0.456 e. The van der Waals surface area contributed by atoms with Gasteiger partial charge in [-0.05, 0) is 53.0 Å². The van der Waals surface area contributed by atoms with Crippen molar-refractivity contribution in [2.75, 3.05) is 20.2 Å². The Morgan fingerprint density at radius 3 is 2.40 bits per heavy atom. The molecule has 1 N–H and O–H groups in total. The molecule has 1 fully saturated rings. The van der Waals surface area contributed by atoms with E-state index in [9.17, 15) is 14.4 Å². The van der Waals surface area contributed by atoms with Crippen molar-refractivity contribution in [2.45, 2.75) is 71.6 Å². The first-order valence-corrected chi connectivity index (χ1v) is 8.91. The van der Waals surface area contributed by atoms with Crippen LogP contribution in [0.25, 0.3) is 0 Å². The van der Waals surface area contributed by atoms with Gasteiger partial charge in [0.15, 0.2) is 12.4 Å². The first kappa shape index (κ1) is 21.4. The molecule has 7 heteroatoms. The van der Waals surface area contributed by atoms with Crippen LogP contribution in [0.5, 0.6) is 0 Å². The third-order valence-electron chi connectivity index (χ3n) is 3.95. The fourth-order valence-corrected chi connectivity index (χ4v) is 2.78. The smallest absolute Gasteiger partial charge is 0.410 e. The summed E-state index contributed by atoms with van der Waals surface area (Å²) in [5.74, 6) is -0.374. The lowest BCUT2D eigenvalue weighted by Gasteiger charge is -2.28. The number of amides is 1. The maximum Gasteiger partial charge on any atom is 0.410 e. The maximum atomic E-state index is 12.4. The van der Waals surface area contributed by atoms with Crippen molar-refractivity contribution in [3.8, 4) is 0 Å². The van der Waals surface area contributed by atoms with E-state index in [4.69, 9.17) is 9.47 Å². The Bertz CT molecular complexity index is 484. The van der Waals surface area contributed by atoms with Gasteiger partial charge in [-0.3, -0.25) is 14.5 Å². The van der Waals surface area contributed by atoms with E-state index in [-0.39, 0.29) is 12.4 Å². The SMILES string of the molecule is CN[C@@H](CC(C)C)C(=O)OCC(=O)[C@@H]1CCCN1C(=O)OC(C)(C)C. The van der Waals surface area contributed by atoms with Gasteiger partial charge in [0.05, 0.1) is 6.04 Å². The second-order valence-electron chi connectivity index (χ2n) is 7.88. The van der Waals surface area contributed by atoms with Crippen molar-refractivity contribution >= 4 is 17.8 Å². The topological polar surface area (TPSA) is 84.9 Å². The van der Waals surface area contributed by atoms with Crippen LogP contribution in [-0.4, -0.2) is 60.6 Å². The van der Waals surface area contributed by atoms with Gasteiger partial charge < -0.3 is 14.8 Å². The summed E-state index contributed by atoms with van der Waals surface area (Å²) in [7, 11) is 1.69. The summed E-state index contributed by atoms with van der Waals surface area (Å²) in [6.45, 7) is 9.54. The van der Waals surface area contributed by atoms with Gasteiger partial charge in [0.1, 0.15) is 11.6 Å². The molecule has 0 radical (unpaired) electrons. The third-order valence-corrected chi connectivity index (χ3v) is 3.95. The number of Topliss-reactive ketones (excluding diaryl/α,β-unsaturated/α-hetero) is 1. The van der Waals surface area contributed by atoms with Crippen LogP contribution in [0.15, 0.2) is 0 Å². The molecule has 0 aromatic heterocycles. The van der Waals surface area contributed by atoms with Crippen molar-refractivity contribution in [2.24, 2.45) is 5.92 Å². The number of ketones is 1. The van der Waals surface area contributed by atoms with Crippen LogP contribution in [-0.2, 0) is 19.1 Å². The van der Waals surface area contributed by atoms with E-state index in [1.54, 1.807) is 27.8 Å². The zero-order valence-electron chi connectivity index (χ0n) is 16.3. The van der Waals surface area contributed by atoms with Crippen molar-refractivity contribution in [3.63, 3.8) is 0 Å². The number of carbonyl (C=O) groups is 3. The molecule has 144 valence electrons. The number of carbonyl (C=O) groups excluding carboxylic acids is 3. The summed E-state index contributed by atoms with van der Waals surface area (Å²) in [6, 6.07) is -1.01. The third kappa shape index (κ3) is 7.02. The second-order valence-corrected chi connectivity index (χ2v) is 7.88. The normalized spacial score (nSPS) is 19.0. The zero-order valence-corrected chi connectivity index (χ0v) is 16.3. The van der Waals surface area contributed by atoms with Gasteiger partial charge in [0, 0.05) is 6.54 Å². The molecule has 0 aromatic rings. The highest BCUT2D eigenvalue weighted by molar-refractivity contribution is 5.90. The monoisotopic (exact) mass is 356 g/mol. The Hall–Kier alpha value is -1.63. The minimum atomic E-state index is -0.614. The summed E-state index contributed by atoms with van der Waals surface area (Å²) >= 11 is 0. The molecular weight excluding hydrogens is 324 g/mol. The molecule has 0 saturated carbocycles. The van der Waals surface area contributed by atoms with Crippen LogP contribution < -0.4 is 5.32 Å². The fraction of sp³-hybridized carbons (Fsp3) is 0.833. The molecule has 0 spiro atoms. The molecule has 2 atom stereocenters. The zero-order chi connectivity index (χ0) is 19.2. The lowest BCUT2D eigenvalue weighted by Crippen LogP contribution is -2.45. The van der Waals surface area contributed by atoms with Crippen molar-refractivity contribution in [1.29, 1.82) is 0 Å². The molecule has 0 aromatic carbocycles. The van der Waals surface area contributed by atoms with Gasteiger partial charge in [-0.25, -0.2) is 4.79 Å². The van der Waals surface area contributed by atoms with E-state index in [0.29, 0.717) is 25.3 Å². The molecule has 0 bridgehead atoms. The van der Waals surface area contributed by atoms with E-state index >= 15 is 0 Å². The lowest BCUT2D eigenvalue weighted by molar-refractivity contribution is -0.151. The Balaban J connectivity index is 2.58. The molecule has 1 aliphatic rings. The summed E-state index contributed by atoms with van der Waals surface area (Å²) in [5.41, 5.74) is -0.614. The molecule has 1 rings (SSSR count). The van der Waals surface area contributed by atoms with Crippen LogP contribution in [0.2, 0.25) is 0 Å². The van der Waals surface area contributed by atoms with E-state index in [1.807, 2.05) is 13.8 Å². The molecule has 0 aliphatic carbocycles. The van der Waals surface area contributed by atoms with Crippen molar-refractivity contribution in [1.82, 2.24) is 10.2 Å². The average molecular weight is 356 g/mol. The lowest BCUT2D eigenvalue weighted by atomic mass is 10.0. The number of rotatable bonds is 7. The van der Waals surface area contributed by atoms with Crippen LogP contribution in [0.4, 0.5) is 4.79 Å². The molecular formula is C18H32N2O5. The minimum absolute atomic E-state index is 0.267. The Morgan fingerprint density at radius 2 is 1.88 bits per heavy atom. The molecule has 25 heavy (non-hydrogen) atoms. The standard InChI is InChI=1S/C18H32N2O5/c1-12(2)10-13(19-6)16(22)24-11-15(21)14-8-7-9-20(14)17(23)25-18(3,4)5/h12-14,19H,7-11H2,1-6H3/t13-,14-/m0/s1.